The number of hydrogen-bond donors (Lipinski definition) is 2. The van der Waals surface area contributed by atoms with E-state index in [1.165, 1.54) is 9.79 Å². The van der Waals surface area contributed by atoms with E-state index < -0.39 is 4.92 Å². The van der Waals surface area contributed by atoms with Crippen molar-refractivity contribution >= 4 is 33.7 Å². The van der Waals surface area contributed by atoms with Gasteiger partial charge >= 0.3 is 5.82 Å². The normalized spacial score (nSPS) is 10.9. The Morgan fingerprint density at radius 2 is 1.73 bits per heavy atom. The summed E-state index contributed by atoms with van der Waals surface area (Å²) in [5, 5.41) is 20.1. The number of benzene rings is 2. The van der Waals surface area contributed by atoms with Gasteiger partial charge in [-0.25, -0.2) is 0 Å². The summed E-state index contributed by atoms with van der Waals surface area (Å²) >= 11 is 0. The maximum atomic E-state index is 11.4. The summed E-state index contributed by atoms with van der Waals surface area (Å²) in [6, 6.07) is 19.5. The van der Waals surface area contributed by atoms with Gasteiger partial charge in [-0.05, 0) is 22.4 Å². The lowest BCUT2D eigenvalue weighted by Gasteiger charge is -2.10. The summed E-state index contributed by atoms with van der Waals surface area (Å²) in [6.07, 6.45) is 1.64. The Balaban J connectivity index is 1.47. The van der Waals surface area contributed by atoms with E-state index in [4.69, 9.17) is 0 Å². The fourth-order valence-corrected chi connectivity index (χ4v) is 3.03. The largest absolute Gasteiger partial charge is 0.383 e. The molecule has 0 atom stereocenters. The number of aromatic nitrogens is 2. The molecule has 0 amide bonds. The standard InChI is InChI=1S/C19H17N5O2/c25-24(26)19-18(22-17-10-3-4-13-23(17)19)21-12-11-20-16-9-5-7-14-6-1-2-8-15(14)16/h1-10,13,20-21H,11-12H2. The SMILES string of the molecule is O=[N+]([O-])c1c(NCCNc2cccc3ccccc23)nc2ccccn12. The second-order valence-electron chi connectivity index (χ2n) is 5.85. The van der Waals surface area contributed by atoms with Crippen LogP contribution in [0.25, 0.3) is 16.4 Å². The predicted molar refractivity (Wildman–Crippen MR) is 103 cm³/mol. The smallest absolute Gasteiger partial charge is 0.372 e. The number of nitrogens with one attached hydrogen (secondary N) is 2. The first-order valence-corrected chi connectivity index (χ1v) is 8.31. The third-order valence-electron chi connectivity index (χ3n) is 4.20. The summed E-state index contributed by atoms with van der Waals surface area (Å²) in [5.41, 5.74) is 1.58. The molecule has 26 heavy (non-hydrogen) atoms. The zero-order chi connectivity index (χ0) is 17.9. The molecule has 2 heterocycles. The number of rotatable bonds is 6. The van der Waals surface area contributed by atoms with E-state index in [1.807, 2.05) is 24.3 Å². The number of hydrogen-bond acceptors (Lipinski definition) is 5. The van der Waals surface area contributed by atoms with Crippen LogP contribution in [0.5, 0.6) is 0 Å². The average Bonchev–Trinajstić information content (AvgIpc) is 3.04. The molecule has 0 aliphatic heterocycles. The molecule has 0 aliphatic carbocycles. The van der Waals surface area contributed by atoms with Gasteiger partial charge < -0.3 is 20.7 Å². The van der Waals surface area contributed by atoms with Gasteiger partial charge in [-0.15, -0.1) is 0 Å². The molecule has 0 aliphatic rings. The summed E-state index contributed by atoms with van der Waals surface area (Å²) in [4.78, 5) is 15.3. The van der Waals surface area contributed by atoms with Crippen molar-refractivity contribution in [3.8, 4) is 0 Å². The fraction of sp³-hybridized carbons (Fsp3) is 0.105. The number of pyridine rings is 1. The van der Waals surface area contributed by atoms with Crippen molar-refractivity contribution in [3.05, 3.63) is 77.0 Å². The molecule has 7 heteroatoms. The van der Waals surface area contributed by atoms with Gasteiger partial charge in [0.2, 0.25) is 11.5 Å². The molecule has 0 unspecified atom stereocenters. The van der Waals surface area contributed by atoms with Gasteiger partial charge in [0.05, 0.1) is 6.20 Å². The molecule has 2 aromatic heterocycles. The zero-order valence-corrected chi connectivity index (χ0v) is 13.9. The molecule has 0 saturated heterocycles. The molecule has 0 saturated carbocycles. The summed E-state index contributed by atoms with van der Waals surface area (Å²) in [5.74, 6) is 0.228. The molecule has 0 radical (unpaired) electrons. The van der Waals surface area contributed by atoms with Crippen LogP contribution in [0, 0.1) is 10.1 Å². The lowest BCUT2D eigenvalue weighted by Crippen LogP contribution is -2.14. The first-order chi connectivity index (χ1) is 12.7. The van der Waals surface area contributed by atoms with E-state index in [9.17, 15) is 10.1 Å². The highest BCUT2D eigenvalue weighted by Crippen LogP contribution is 2.25. The van der Waals surface area contributed by atoms with Crippen molar-refractivity contribution in [1.82, 2.24) is 9.38 Å². The lowest BCUT2D eigenvalue weighted by molar-refractivity contribution is -0.389. The van der Waals surface area contributed by atoms with Gasteiger partial charge in [-0.3, -0.25) is 0 Å². The fourth-order valence-electron chi connectivity index (χ4n) is 3.03. The molecular formula is C19H17N5O2. The van der Waals surface area contributed by atoms with Crippen molar-refractivity contribution in [1.29, 1.82) is 0 Å². The topological polar surface area (TPSA) is 84.5 Å². The Bertz CT molecular complexity index is 1080. The van der Waals surface area contributed by atoms with Gasteiger partial charge in [0.15, 0.2) is 0 Å². The van der Waals surface area contributed by atoms with Crippen LogP contribution in [0.15, 0.2) is 66.9 Å². The van der Waals surface area contributed by atoms with Crippen LogP contribution in [-0.4, -0.2) is 27.4 Å². The van der Waals surface area contributed by atoms with Crippen LogP contribution in [0.3, 0.4) is 0 Å². The third-order valence-corrected chi connectivity index (χ3v) is 4.20. The second kappa shape index (κ2) is 6.72. The zero-order valence-electron chi connectivity index (χ0n) is 13.9. The minimum absolute atomic E-state index is 0.0502. The summed E-state index contributed by atoms with van der Waals surface area (Å²) in [7, 11) is 0. The summed E-state index contributed by atoms with van der Waals surface area (Å²) in [6.45, 7) is 1.12. The van der Waals surface area contributed by atoms with E-state index in [2.05, 4.69) is 33.8 Å². The van der Waals surface area contributed by atoms with E-state index in [1.54, 1.807) is 24.4 Å². The minimum atomic E-state index is -0.416. The van der Waals surface area contributed by atoms with Crippen LogP contribution in [-0.2, 0) is 0 Å². The van der Waals surface area contributed by atoms with E-state index in [-0.39, 0.29) is 11.6 Å². The molecule has 130 valence electrons. The van der Waals surface area contributed by atoms with Crippen LogP contribution in [0.4, 0.5) is 17.3 Å². The number of imidazole rings is 1. The maximum Gasteiger partial charge on any atom is 0.372 e. The minimum Gasteiger partial charge on any atom is -0.383 e. The molecule has 0 fully saturated rings. The van der Waals surface area contributed by atoms with Gasteiger partial charge in [0.25, 0.3) is 0 Å². The van der Waals surface area contributed by atoms with Crippen molar-refractivity contribution in [2.45, 2.75) is 0 Å². The van der Waals surface area contributed by atoms with Gasteiger partial charge in [0, 0.05) is 30.2 Å². The van der Waals surface area contributed by atoms with Gasteiger partial charge in [-0.2, -0.15) is 9.38 Å². The van der Waals surface area contributed by atoms with Crippen LogP contribution in [0.2, 0.25) is 0 Å². The van der Waals surface area contributed by atoms with Gasteiger partial charge in [-0.1, -0.05) is 42.5 Å². The molecule has 7 nitrogen and oxygen atoms in total. The number of anilines is 2. The number of fused-ring (bicyclic) bond motifs is 2. The first kappa shape index (κ1) is 15.9. The first-order valence-electron chi connectivity index (χ1n) is 8.31. The third kappa shape index (κ3) is 2.90. The Morgan fingerprint density at radius 3 is 2.62 bits per heavy atom. The Hall–Kier alpha value is -3.61. The molecule has 0 spiro atoms. The van der Waals surface area contributed by atoms with Crippen molar-refractivity contribution in [3.63, 3.8) is 0 Å². The Kier molecular flexibility index (Phi) is 4.10. The van der Waals surface area contributed by atoms with Crippen molar-refractivity contribution < 1.29 is 4.92 Å². The summed E-state index contributed by atoms with van der Waals surface area (Å²) < 4.78 is 1.47. The highest BCUT2D eigenvalue weighted by molar-refractivity contribution is 5.93. The molecular weight excluding hydrogens is 330 g/mol. The van der Waals surface area contributed by atoms with E-state index in [0.717, 1.165) is 11.1 Å². The average molecular weight is 347 g/mol. The highest BCUT2D eigenvalue weighted by Gasteiger charge is 2.21. The second-order valence-corrected chi connectivity index (χ2v) is 5.85. The molecule has 2 N–H and O–H groups in total. The molecule has 4 rings (SSSR count). The predicted octanol–water partition coefficient (Wildman–Crippen LogP) is 3.92. The van der Waals surface area contributed by atoms with Crippen LogP contribution in [0.1, 0.15) is 0 Å². The van der Waals surface area contributed by atoms with Crippen molar-refractivity contribution in [2.75, 3.05) is 23.7 Å². The number of nitrogens with zero attached hydrogens (tertiary/aromatic N) is 3. The van der Waals surface area contributed by atoms with Crippen LogP contribution >= 0.6 is 0 Å². The highest BCUT2D eigenvalue weighted by atomic mass is 16.6. The van der Waals surface area contributed by atoms with E-state index >= 15 is 0 Å². The molecule has 2 aromatic carbocycles. The lowest BCUT2D eigenvalue weighted by atomic mass is 10.1. The number of nitro groups is 1. The molecule has 4 aromatic rings. The maximum absolute atomic E-state index is 11.4. The Labute approximate surface area is 149 Å². The monoisotopic (exact) mass is 347 g/mol. The van der Waals surface area contributed by atoms with Gasteiger partial charge in [0.1, 0.15) is 0 Å². The van der Waals surface area contributed by atoms with Crippen LogP contribution < -0.4 is 10.6 Å². The quantitative estimate of drug-likeness (QED) is 0.314. The Morgan fingerprint density at radius 1 is 0.962 bits per heavy atom. The van der Waals surface area contributed by atoms with E-state index in [0.29, 0.717) is 18.7 Å². The molecule has 0 bridgehead atoms. The van der Waals surface area contributed by atoms with Crippen molar-refractivity contribution in [2.24, 2.45) is 0 Å².